The van der Waals surface area contributed by atoms with Gasteiger partial charge in [0.15, 0.2) is 5.96 Å². The van der Waals surface area contributed by atoms with Crippen LogP contribution in [0.5, 0.6) is 0 Å². The predicted molar refractivity (Wildman–Crippen MR) is 72.0 cm³/mol. The molecule has 88 valence electrons. The van der Waals surface area contributed by atoms with Gasteiger partial charge in [-0.2, -0.15) is 0 Å². The summed E-state index contributed by atoms with van der Waals surface area (Å²) in [6.07, 6.45) is 2.08. The van der Waals surface area contributed by atoms with Gasteiger partial charge in [-0.25, -0.2) is 4.99 Å². The molecule has 0 aliphatic rings. The van der Waals surface area contributed by atoms with Crippen LogP contribution >= 0.6 is 11.8 Å². The molecule has 0 fully saturated rings. The Morgan fingerprint density at radius 1 is 1.50 bits per heavy atom. The van der Waals surface area contributed by atoms with Crippen LogP contribution in [0.4, 0.5) is 0 Å². The smallest absolute Gasteiger partial charge is 0.188 e. The first-order valence-corrected chi connectivity index (χ1v) is 6.57. The maximum Gasteiger partial charge on any atom is 0.188 e. The largest absolute Gasteiger partial charge is 0.370 e. The molecule has 0 aliphatic carbocycles. The van der Waals surface area contributed by atoms with Gasteiger partial charge in [0, 0.05) is 11.4 Å². The van der Waals surface area contributed by atoms with E-state index in [1.807, 2.05) is 6.92 Å². The molecule has 0 radical (unpaired) electrons. The Kier molecular flexibility index (Phi) is 5.19. The van der Waals surface area contributed by atoms with E-state index in [0.29, 0.717) is 12.5 Å². The van der Waals surface area contributed by atoms with Crippen molar-refractivity contribution in [1.29, 1.82) is 0 Å². The second-order valence-corrected chi connectivity index (χ2v) is 4.40. The number of hydrogen-bond acceptors (Lipinski definition) is 2. The summed E-state index contributed by atoms with van der Waals surface area (Å²) in [6, 6.07) is 6.40. The van der Waals surface area contributed by atoms with Crippen molar-refractivity contribution in [3.05, 3.63) is 29.3 Å². The lowest BCUT2D eigenvalue weighted by Gasteiger charge is -2.07. The van der Waals surface area contributed by atoms with Gasteiger partial charge in [-0.3, -0.25) is 0 Å². The van der Waals surface area contributed by atoms with Gasteiger partial charge in [-0.1, -0.05) is 12.1 Å². The van der Waals surface area contributed by atoms with Crippen LogP contribution in [0.25, 0.3) is 0 Å². The van der Waals surface area contributed by atoms with Crippen LogP contribution in [0.2, 0.25) is 0 Å². The van der Waals surface area contributed by atoms with E-state index in [-0.39, 0.29) is 0 Å². The highest BCUT2D eigenvalue weighted by Crippen LogP contribution is 2.22. The van der Waals surface area contributed by atoms with Crippen LogP contribution in [0.3, 0.4) is 0 Å². The third-order valence-electron chi connectivity index (χ3n) is 2.22. The molecule has 1 rings (SSSR count). The summed E-state index contributed by atoms with van der Waals surface area (Å²) in [7, 11) is 0. The normalized spacial score (nSPS) is 11.6. The molecule has 0 unspecified atom stereocenters. The predicted octanol–water partition coefficient (Wildman–Crippen LogP) is 2.14. The van der Waals surface area contributed by atoms with Crippen molar-refractivity contribution in [2.24, 2.45) is 10.7 Å². The van der Waals surface area contributed by atoms with Crippen molar-refractivity contribution in [2.75, 3.05) is 12.8 Å². The Hall–Kier alpha value is -1.16. The molecule has 0 bridgehead atoms. The summed E-state index contributed by atoms with van der Waals surface area (Å²) in [5.74, 6) is 0.509. The monoisotopic (exact) mass is 237 g/mol. The molecule has 0 amide bonds. The van der Waals surface area contributed by atoms with Crippen LogP contribution in [-0.4, -0.2) is 18.8 Å². The zero-order chi connectivity index (χ0) is 12.0. The number of nitrogens with two attached hydrogens (primary N) is 1. The summed E-state index contributed by atoms with van der Waals surface area (Å²) < 4.78 is 0. The number of nitrogens with zero attached hydrogens (tertiary/aromatic N) is 1. The van der Waals surface area contributed by atoms with Crippen molar-refractivity contribution in [1.82, 2.24) is 5.32 Å². The molecule has 3 N–H and O–H groups in total. The van der Waals surface area contributed by atoms with Crippen molar-refractivity contribution in [2.45, 2.75) is 25.3 Å². The van der Waals surface area contributed by atoms with Crippen LogP contribution in [-0.2, 0) is 6.54 Å². The minimum atomic E-state index is 0.509. The van der Waals surface area contributed by atoms with Gasteiger partial charge in [0.25, 0.3) is 0 Å². The molecule has 4 heteroatoms. The highest BCUT2D eigenvalue weighted by atomic mass is 32.2. The first-order valence-electron chi connectivity index (χ1n) is 5.34. The van der Waals surface area contributed by atoms with Gasteiger partial charge in [0.05, 0.1) is 6.54 Å². The Bertz CT molecular complexity index is 375. The quantitative estimate of drug-likeness (QED) is 0.479. The molecule has 0 aromatic heterocycles. The third kappa shape index (κ3) is 3.77. The molecule has 1 aromatic rings. The molecule has 16 heavy (non-hydrogen) atoms. The maximum atomic E-state index is 5.69. The third-order valence-corrected chi connectivity index (χ3v) is 3.04. The van der Waals surface area contributed by atoms with E-state index >= 15 is 0 Å². The number of hydrogen-bond donors (Lipinski definition) is 2. The van der Waals surface area contributed by atoms with Crippen molar-refractivity contribution >= 4 is 17.7 Å². The van der Waals surface area contributed by atoms with E-state index in [2.05, 4.69) is 41.7 Å². The SMILES string of the molecule is CCNC(N)=NCc1ccc(C)cc1SC. The van der Waals surface area contributed by atoms with E-state index in [0.717, 1.165) is 6.54 Å². The first-order chi connectivity index (χ1) is 7.67. The van der Waals surface area contributed by atoms with Crippen LogP contribution in [0.1, 0.15) is 18.1 Å². The van der Waals surface area contributed by atoms with Crippen molar-refractivity contribution in [3.8, 4) is 0 Å². The van der Waals surface area contributed by atoms with E-state index in [4.69, 9.17) is 5.73 Å². The zero-order valence-electron chi connectivity index (χ0n) is 10.1. The highest BCUT2D eigenvalue weighted by Gasteiger charge is 2.01. The zero-order valence-corrected chi connectivity index (χ0v) is 10.9. The molecule has 0 saturated carbocycles. The number of guanidine groups is 1. The summed E-state index contributed by atoms with van der Waals surface area (Å²) in [6.45, 7) is 5.54. The minimum Gasteiger partial charge on any atom is -0.370 e. The fourth-order valence-corrected chi connectivity index (χ4v) is 2.09. The van der Waals surface area contributed by atoms with Crippen LogP contribution in [0.15, 0.2) is 28.1 Å². The van der Waals surface area contributed by atoms with Crippen molar-refractivity contribution in [3.63, 3.8) is 0 Å². The van der Waals surface area contributed by atoms with Gasteiger partial charge in [0.2, 0.25) is 0 Å². The van der Waals surface area contributed by atoms with Crippen molar-refractivity contribution < 1.29 is 0 Å². The number of aryl methyl sites for hydroxylation is 1. The lowest BCUT2D eigenvalue weighted by molar-refractivity contribution is 0.918. The lowest BCUT2D eigenvalue weighted by atomic mass is 10.1. The number of thioether (sulfide) groups is 1. The van der Waals surface area contributed by atoms with Gasteiger partial charge in [-0.15, -0.1) is 11.8 Å². The fraction of sp³-hybridized carbons (Fsp3) is 0.417. The number of benzene rings is 1. The fourth-order valence-electron chi connectivity index (χ4n) is 1.39. The Balaban J connectivity index is 2.77. The minimum absolute atomic E-state index is 0.509. The van der Waals surface area contributed by atoms with E-state index in [1.54, 1.807) is 11.8 Å². The second-order valence-electron chi connectivity index (χ2n) is 3.55. The summed E-state index contributed by atoms with van der Waals surface area (Å²) in [5.41, 5.74) is 8.18. The van der Waals surface area contributed by atoms with Gasteiger partial charge in [-0.05, 0) is 37.3 Å². The van der Waals surface area contributed by atoms with Crippen LogP contribution < -0.4 is 11.1 Å². The molecule has 1 aromatic carbocycles. The lowest BCUT2D eigenvalue weighted by Crippen LogP contribution is -2.31. The average Bonchev–Trinajstić information content (AvgIpc) is 2.27. The number of rotatable bonds is 4. The summed E-state index contributed by atoms with van der Waals surface area (Å²) in [4.78, 5) is 5.56. The van der Waals surface area contributed by atoms with E-state index < -0.39 is 0 Å². The van der Waals surface area contributed by atoms with Gasteiger partial charge in [0.1, 0.15) is 0 Å². The molecule has 3 nitrogen and oxygen atoms in total. The molecule has 0 heterocycles. The number of nitrogens with one attached hydrogen (secondary N) is 1. The van der Waals surface area contributed by atoms with E-state index in [1.165, 1.54) is 16.0 Å². The Morgan fingerprint density at radius 3 is 2.88 bits per heavy atom. The van der Waals surface area contributed by atoms with Gasteiger partial charge < -0.3 is 11.1 Å². The summed E-state index contributed by atoms with van der Waals surface area (Å²) >= 11 is 1.74. The van der Waals surface area contributed by atoms with Crippen LogP contribution in [0, 0.1) is 6.92 Å². The average molecular weight is 237 g/mol. The Labute approximate surface area is 102 Å². The standard InChI is InChI=1S/C12H19N3S/c1-4-14-12(13)15-8-10-6-5-9(2)7-11(10)16-3/h5-7H,4,8H2,1-3H3,(H3,13,14,15). The maximum absolute atomic E-state index is 5.69. The molecular weight excluding hydrogens is 218 g/mol. The topological polar surface area (TPSA) is 50.4 Å². The first kappa shape index (κ1) is 12.9. The Morgan fingerprint density at radius 2 is 2.25 bits per heavy atom. The molecule has 0 atom stereocenters. The molecule has 0 saturated heterocycles. The number of aliphatic imine (C=N–C) groups is 1. The summed E-state index contributed by atoms with van der Waals surface area (Å²) in [5, 5.41) is 2.99. The molecular formula is C12H19N3S. The van der Waals surface area contributed by atoms with E-state index in [9.17, 15) is 0 Å². The highest BCUT2D eigenvalue weighted by molar-refractivity contribution is 7.98. The van der Waals surface area contributed by atoms with Gasteiger partial charge >= 0.3 is 0 Å². The molecule has 0 spiro atoms. The molecule has 0 aliphatic heterocycles. The second kappa shape index (κ2) is 6.43.